The first kappa shape index (κ1) is 12.0. The molecule has 18 heavy (non-hydrogen) atoms. The number of nitrogens with one attached hydrogen (secondary N) is 1. The molecule has 2 rings (SSSR count). The molecule has 1 aromatic heterocycles. The maximum atomic E-state index is 10.9. The van der Waals surface area contributed by atoms with E-state index < -0.39 is 11.9 Å². The van der Waals surface area contributed by atoms with Gasteiger partial charge in [-0.25, -0.2) is 4.79 Å². The number of carbonyl (C=O) groups is 2. The molecule has 2 aromatic rings. The monoisotopic (exact) mass is 244 g/mol. The average Bonchev–Trinajstić information content (AvgIpc) is 2.38. The summed E-state index contributed by atoms with van der Waals surface area (Å²) in [6.45, 7) is 0.279. The number of pyridine rings is 1. The molecule has 1 aromatic carbocycles. The minimum atomic E-state index is -1.47. The molecule has 0 fully saturated rings. The van der Waals surface area contributed by atoms with Gasteiger partial charge in [0.05, 0.1) is 5.52 Å². The van der Waals surface area contributed by atoms with Crippen LogP contribution in [0, 0.1) is 0 Å². The van der Waals surface area contributed by atoms with Crippen molar-refractivity contribution in [3.05, 3.63) is 42.1 Å². The number of hydrogen-bond acceptors (Lipinski definition) is 3. The first-order valence-corrected chi connectivity index (χ1v) is 5.52. The summed E-state index contributed by atoms with van der Waals surface area (Å²) in [5, 5.41) is 11.8. The highest BCUT2D eigenvalue weighted by atomic mass is 16.4. The van der Waals surface area contributed by atoms with Crippen LogP contribution in [0.2, 0.25) is 0 Å². The summed E-state index contributed by atoms with van der Waals surface area (Å²) in [5.41, 5.74) is 1.86. The van der Waals surface area contributed by atoms with E-state index in [-0.39, 0.29) is 6.54 Å². The van der Waals surface area contributed by atoms with E-state index in [0.29, 0.717) is 6.42 Å². The van der Waals surface area contributed by atoms with Crippen molar-refractivity contribution in [1.82, 2.24) is 10.3 Å². The molecule has 92 valence electrons. The Bertz CT molecular complexity index is 590. The number of fused-ring (bicyclic) bond motifs is 1. The van der Waals surface area contributed by atoms with Gasteiger partial charge in [-0.05, 0) is 18.1 Å². The fraction of sp³-hybridized carbons (Fsp3) is 0.154. The zero-order chi connectivity index (χ0) is 13.0. The molecule has 5 heteroatoms. The Kier molecular flexibility index (Phi) is 3.52. The highest BCUT2D eigenvalue weighted by molar-refractivity contribution is 6.31. The molecular weight excluding hydrogens is 232 g/mol. The Morgan fingerprint density at radius 2 is 2.00 bits per heavy atom. The number of rotatable bonds is 3. The van der Waals surface area contributed by atoms with E-state index in [9.17, 15) is 9.59 Å². The number of amides is 1. The highest BCUT2D eigenvalue weighted by Crippen LogP contribution is 2.15. The predicted molar refractivity (Wildman–Crippen MR) is 66.1 cm³/mol. The number of aliphatic carboxylic acids is 1. The number of carboxylic acid groups (broad SMARTS) is 1. The van der Waals surface area contributed by atoms with E-state index >= 15 is 0 Å². The third kappa shape index (κ3) is 2.63. The van der Waals surface area contributed by atoms with Crippen LogP contribution in [0.25, 0.3) is 10.9 Å². The third-order valence-corrected chi connectivity index (χ3v) is 2.59. The zero-order valence-electron chi connectivity index (χ0n) is 9.59. The van der Waals surface area contributed by atoms with Gasteiger partial charge in [0, 0.05) is 18.1 Å². The SMILES string of the molecule is O=C(O)C(=O)NCCc1cccc2cccnc12. The summed E-state index contributed by atoms with van der Waals surface area (Å²) in [6.07, 6.45) is 2.26. The van der Waals surface area contributed by atoms with Crippen LogP contribution in [0.4, 0.5) is 0 Å². The lowest BCUT2D eigenvalue weighted by atomic mass is 10.1. The molecule has 0 atom stereocenters. The molecule has 0 aliphatic carbocycles. The standard InChI is InChI=1S/C13H12N2O3/c16-12(13(17)18)15-8-6-10-4-1-3-9-5-2-7-14-11(9)10/h1-5,7H,6,8H2,(H,15,16)(H,17,18). The van der Waals surface area contributed by atoms with Crippen LogP contribution in [0.5, 0.6) is 0 Å². The number of carboxylic acids is 1. The van der Waals surface area contributed by atoms with Crippen molar-refractivity contribution in [2.75, 3.05) is 6.54 Å². The smallest absolute Gasteiger partial charge is 0.394 e. The van der Waals surface area contributed by atoms with Gasteiger partial charge in [0.25, 0.3) is 0 Å². The number of para-hydroxylation sites is 1. The van der Waals surface area contributed by atoms with Crippen molar-refractivity contribution in [3.63, 3.8) is 0 Å². The molecule has 1 heterocycles. The number of carbonyl (C=O) groups excluding carboxylic acids is 1. The maximum Gasteiger partial charge on any atom is 0.394 e. The number of nitrogens with zero attached hydrogens (tertiary/aromatic N) is 1. The molecule has 0 bridgehead atoms. The lowest BCUT2D eigenvalue weighted by Gasteiger charge is -2.05. The summed E-state index contributed by atoms with van der Waals surface area (Å²) in [6, 6.07) is 9.61. The van der Waals surface area contributed by atoms with Gasteiger partial charge in [0.1, 0.15) is 0 Å². The summed E-state index contributed by atoms with van der Waals surface area (Å²) < 4.78 is 0. The topological polar surface area (TPSA) is 79.3 Å². The maximum absolute atomic E-state index is 10.9. The van der Waals surface area contributed by atoms with E-state index in [1.54, 1.807) is 6.20 Å². The molecular formula is C13H12N2O3. The second-order valence-corrected chi connectivity index (χ2v) is 3.80. The Morgan fingerprint density at radius 3 is 2.78 bits per heavy atom. The minimum Gasteiger partial charge on any atom is -0.474 e. The fourth-order valence-corrected chi connectivity index (χ4v) is 1.76. The molecule has 0 aliphatic rings. The minimum absolute atomic E-state index is 0.279. The van der Waals surface area contributed by atoms with E-state index in [0.717, 1.165) is 16.5 Å². The van der Waals surface area contributed by atoms with Gasteiger partial charge in [0.2, 0.25) is 0 Å². The quantitative estimate of drug-likeness (QED) is 0.789. The third-order valence-electron chi connectivity index (χ3n) is 2.59. The molecule has 5 nitrogen and oxygen atoms in total. The molecule has 0 aliphatic heterocycles. The van der Waals surface area contributed by atoms with Gasteiger partial charge in [0.15, 0.2) is 0 Å². The van der Waals surface area contributed by atoms with Crippen molar-refractivity contribution in [2.45, 2.75) is 6.42 Å². The Morgan fingerprint density at radius 1 is 1.22 bits per heavy atom. The summed E-state index contributed by atoms with van der Waals surface area (Å²) >= 11 is 0. The van der Waals surface area contributed by atoms with Gasteiger partial charge in [-0.2, -0.15) is 0 Å². The van der Waals surface area contributed by atoms with Gasteiger partial charge >= 0.3 is 11.9 Å². The Hall–Kier alpha value is -2.43. The molecule has 0 saturated carbocycles. The van der Waals surface area contributed by atoms with Gasteiger partial charge < -0.3 is 10.4 Å². The van der Waals surface area contributed by atoms with Crippen LogP contribution in [0.15, 0.2) is 36.5 Å². The Balaban J connectivity index is 2.08. The number of hydrogen-bond donors (Lipinski definition) is 2. The molecule has 0 unspecified atom stereocenters. The summed E-state index contributed by atoms with van der Waals surface area (Å²) in [4.78, 5) is 25.5. The van der Waals surface area contributed by atoms with E-state index in [4.69, 9.17) is 5.11 Å². The van der Waals surface area contributed by atoms with Crippen molar-refractivity contribution in [3.8, 4) is 0 Å². The fourth-order valence-electron chi connectivity index (χ4n) is 1.76. The molecule has 2 N–H and O–H groups in total. The van der Waals surface area contributed by atoms with Crippen molar-refractivity contribution in [1.29, 1.82) is 0 Å². The van der Waals surface area contributed by atoms with Gasteiger partial charge in [-0.1, -0.05) is 24.3 Å². The van der Waals surface area contributed by atoms with E-state index in [1.807, 2.05) is 30.3 Å². The number of benzene rings is 1. The predicted octanol–water partition coefficient (Wildman–Crippen LogP) is 0.978. The van der Waals surface area contributed by atoms with Crippen LogP contribution >= 0.6 is 0 Å². The zero-order valence-corrected chi connectivity index (χ0v) is 9.59. The second kappa shape index (κ2) is 5.27. The van der Waals surface area contributed by atoms with E-state index in [1.165, 1.54) is 0 Å². The molecule has 0 spiro atoms. The van der Waals surface area contributed by atoms with Crippen molar-refractivity contribution < 1.29 is 14.7 Å². The highest BCUT2D eigenvalue weighted by Gasteiger charge is 2.09. The first-order chi connectivity index (χ1) is 8.68. The van der Waals surface area contributed by atoms with E-state index in [2.05, 4.69) is 10.3 Å². The Labute approximate surface area is 103 Å². The van der Waals surface area contributed by atoms with Crippen LogP contribution in [-0.4, -0.2) is 28.5 Å². The summed E-state index contributed by atoms with van der Waals surface area (Å²) in [5.74, 6) is -2.45. The van der Waals surface area contributed by atoms with Gasteiger partial charge in [-0.15, -0.1) is 0 Å². The van der Waals surface area contributed by atoms with Crippen molar-refractivity contribution >= 4 is 22.8 Å². The van der Waals surface area contributed by atoms with Crippen molar-refractivity contribution in [2.24, 2.45) is 0 Å². The van der Waals surface area contributed by atoms with Crippen LogP contribution in [-0.2, 0) is 16.0 Å². The molecule has 0 radical (unpaired) electrons. The largest absolute Gasteiger partial charge is 0.474 e. The average molecular weight is 244 g/mol. The number of aromatic nitrogens is 1. The second-order valence-electron chi connectivity index (χ2n) is 3.80. The normalized spacial score (nSPS) is 10.2. The van der Waals surface area contributed by atoms with Gasteiger partial charge in [-0.3, -0.25) is 9.78 Å². The van der Waals surface area contributed by atoms with Crippen LogP contribution in [0.1, 0.15) is 5.56 Å². The molecule has 0 saturated heterocycles. The summed E-state index contributed by atoms with van der Waals surface area (Å²) in [7, 11) is 0. The first-order valence-electron chi connectivity index (χ1n) is 5.52. The van der Waals surface area contributed by atoms with Crippen LogP contribution < -0.4 is 5.32 Å². The lowest BCUT2D eigenvalue weighted by Crippen LogP contribution is -2.32. The molecule has 1 amide bonds. The van der Waals surface area contributed by atoms with Crippen LogP contribution in [0.3, 0.4) is 0 Å². The lowest BCUT2D eigenvalue weighted by molar-refractivity contribution is -0.150.